The zero-order valence-electron chi connectivity index (χ0n) is 16.1. The van der Waals surface area contributed by atoms with E-state index in [4.69, 9.17) is 0 Å². The summed E-state index contributed by atoms with van der Waals surface area (Å²) in [4.78, 5) is 23.8. The predicted molar refractivity (Wildman–Crippen MR) is 112 cm³/mol. The van der Waals surface area contributed by atoms with Crippen LogP contribution in [0.5, 0.6) is 0 Å². The van der Waals surface area contributed by atoms with E-state index in [-0.39, 0.29) is 17.4 Å². The molecule has 0 aliphatic rings. The van der Waals surface area contributed by atoms with Crippen LogP contribution in [0, 0.1) is 6.92 Å². The minimum atomic E-state index is -0.159. The number of nitrogens with one attached hydrogen (secondary N) is 1. The average Bonchev–Trinajstić information content (AvgIpc) is 3.10. The Morgan fingerprint density at radius 1 is 1.11 bits per heavy atom. The van der Waals surface area contributed by atoms with Crippen molar-refractivity contribution in [2.75, 3.05) is 11.1 Å². The van der Waals surface area contributed by atoms with Crippen molar-refractivity contribution in [3.8, 4) is 11.4 Å². The minimum absolute atomic E-state index is 0.0369. The number of benzene rings is 2. The highest BCUT2D eigenvalue weighted by atomic mass is 32.2. The normalized spacial score (nSPS) is 10.7. The topological polar surface area (TPSA) is 76.9 Å². The molecule has 3 aromatic rings. The van der Waals surface area contributed by atoms with Crippen molar-refractivity contribution in [3.05, 3.63) is 59.7 Å². The van der Waals surface area contributed by atoms with Crippen molar-refractivity contribution >= 4 is 29.1 Å². The SMILES string of the molecule is CCn1c(SCC(=O)Nc2cccc(C(C)=O)c2)nnc1-c1ccc(C)cc1. The van der Waals surface area contributed by atoms with Crippen LogP contribution in [0.1, 0.15) is 29.8 Å². The van der Waals surface area contributed by atoms with Crippen LogP contribution in [-0.4, -0.2) is 32.2 Å². The lowest BCUT2D eigenvalue weighted by molar-refractivity contribution is -0.113. The van der Waals surface area contributed by atoms with Gasteiger partial charge in [-0.3, -0.25) is 9.59 Å². The minimum Gasteiger partial charge on any atom is -0.325 e. The van der Waals surface area contributed by atoms with Gasteiger partial charge in [-0.25, -0.2) is 0 Å². The lowest BCUT2D eigenvalue weighted by Crippen LogP contribution is -2.15. The van der Waals surface area contributed by atoms with Crippen LogP contribution in [0.25, 0.3) is 11.4 Å². The van der Waals surface area contributed by atoms with Gasteiger partial charge in [0.2, 0.25) is 5.91 Å². The van der Waals surface area contributed by atoms with E-state index in [2.05, 4.69) is 15.5 Å². The molecular formula is C21H22N4O2S. The number of carbonyl (C=O) groups excluding carboxylic acids is 2. The average molecular weight is 395 g/mol. The Bertz CT molecular complexity index is 996. The van der Waals surface area contributed by atoms with Crippen LogP contribution in [0.4, 0.5) is 5.69 Å². The molecule has 0 aliphatic carbocycles. The largest absolute Gasteiger partial charge is 0.325 e. The van der Waals surface area contributed by atoms with Gasteiger partial charge in [0.1, 0.15) is 0 Å². The van der Waals surface area contributed by atoms with Crippen LogP contribution in [0.3, 0.4) is 0 Å². The number of thioether (sulfide) groups is 1. The Balaban J connectivity index is 1.67. The number of hydrogen-bond donors (Lipinski definition) is 1. The molecule has 0 unspecified atom stereocenters. The van der Waals surface area contributed by atoms with Crippen LogP contribution in [0.15, 0.2) is 53.7 Å². The molecule has 1 heterocycles. The molecule has 0 saturated heterocycles. The first-order valence-corrected chi connectivity index (χ1v) is 10.0. The molecule has 0 fully saturated rings. The summed E-state index contributed by atoms with van der Waals surface area (Å²) in [6.45, 7) is 6.28. The summed E-state index contributed by atoms with van der Waals surface area (Å²) in [5.74, 6) is 0.800. The molecule has 1 amide bonds. The number of anilines is 1. The van der Waals surface area contributed by atoms with Crippen molar-refractivity contribution in [2.24, 2.45) is 0 Å². The zero-order valence-corrected chi connectivity index (χ0v) is 16.9. The van der Waals surface area contributed by atoms with E-state index < -0.39 is 0 Å². The molecule has 0 radical (unpaired) electrons. The number of nitrogens with zero attached hydrogens (tertiary/aromatic N) is 3. The van der Waals surface area contributed by atoms with E-state index >= 15 is 0 Å². The highest BCUT2D eigenvalue weighted by molar-refractivity contribution is 7.99. The van der Waals surface area contributed by atoms with Crippen molar-refractivity contribution < 1.29 is 9.59 Å². The van der Waals surface area contributed by atoms with E-state index in [9.17, 15) is 9.59 Å². The third-order valence-electron chi connectivity index (χ3n) is 4.23. The molecule has 0 atom stereocenters. The summed E-state index contributed by atoms with van der Waals surface area (Å²) in [7, 11) is 0. The van der Waals surface area contributed by atoms with Gasteiger partial charge in [-0.2, -0.15) is 0 Å². The van der Waals surface area contributed by atoms with Crippen LogP contribution in [-0.2, 0) is 11.3 Å². The second-order valence-corrected chi connectivity index (χ2v) is 7.33. The third kappa shape index (κ3) is 4.67. The summed E-state index contributed by atoms with van der Waals surface area (Å²) in [6, 6.07) is 15.0. The van der Waals surface area contributed by atoms with Gasteiger partial charge in [0.15, 0.2) is 16.8 Å². The molecular weight excluding hydrogens is 372 g/mol. The molecule has 0 bridgehead atoms. The summed E-state index contributed by atoms with van der Waals surface area (Å²) < 4.78 is 2.00. The van der Waals surface area contributed by atoms with Crippen molar-refractivity contribution in [3.63, 3.8) is 0 Å². The van der Waals surface area contributed by atoms with Crippen LogP contribution >= 0.6 is 11.8 Å². The van der Waals surface area contributed by atoms with E-state index in [1.165, 1.54) is 24.2 Å². The lowest BCUT2D eigenvalue weighted by atomic mass is 10.1. The van der Waals surface area contributed by atoms with E-state index in [1.807, 2.05) is 42.7 Å². The number of rotatable bonds is 7. The summed E-state index contributed by atoms with van der Waals surface area (Å²) in [5, 5.41) is 12.1. The Hall–Kier alpha value is -2.93. The highest BCUT2D eigenvalue weighted by Crippen LogP contribution is 2.24. The number of amides is 1. The van der Waals surface area contributed by atoms with Gasteiger partial charge in [-0.05, 0) is 32.9 Å². The predicted octanol–water partition coefficient (Wildman–Crippen LogP) is 4.21. The van der Waals surface area contributed by atoms with Gasteiger partial charge in [-0.1, -0.05) is 53.7 Å². The first-order valence-electron chi connectivity index (χ1n) is 9.02. The second kappa shape index (κ2) is 8.84. The Kier molecular flexibility index (Phi) is 6.26. The maximum absolute atomic E-state index is 12.3. The summed E-state index contributed by atoms with van der Waals surface area (Å²) >= 11 is 1.34. The number of carbonyl (C=O) groups is 2. The molecule has 6 nitrogen and oxygen atoms in total. The quantitative estimate of drug-likeness (QED) is 0.480. The van der Waals surface area contributed by atoms with Gasteiger partial charge in [0.25, 0.3) is 0 Å². The summed E-state index contributed by atoms with van der Waals surface area (Å²) in [6.07, 6.45) is 0. The number of aryl methyl sites for hydroxylation is 1. The molecule has 1 N–H and O–H groups in total. The fourth-order valence-electron chi connectivity index (χ4n) is 2.74. The Morgan fingerprint density at radius 2 is 1.86 bits per heavy atom. The molecule has 0 saturated carbocycles. The third-order valence-corrected chi connectivity index (χ3v) is 5.19. The number of Topliss-reactive ketones (excluding diaryl/α,β-unsaturated/α-hetero) is 1. The number of ketones is 1. The Labute approximate surface area is 168 Å². The molecule has 0 spiro atoms. The molecule has 2 aromatic carbocycles. The monoisotopic (exact) mass is 394 g/mol. The van der Waals surface area contributed by atoms with Gasteiger partial charge in [-0.15, -0.1) is 10.2 Å². The van der Waals surface area contributed by atoms with Crippen molar-refractivity contribution in [1.82, 2.24) is 14.8 Å². The first kappa shape index (κ1) is 19.8. The van der Waals surface area contributed by atoms with Gasteiger partial charge in [0.05, 0.1) is 5.75 Å². The van der Waals surface area contributed by atoms with E-state index in [0.29, 0.717) is 23.0 Å². The second-order valence-electron chi connectivity index (χ2n) is 6.39. The van der Waals surface area contributed by atoms with Gasteiger partial charge < -0.3 is 9.88 Å². The van der Waals surface area contributed by atoms with E-state index in [1.54, 1.807) is 24.3 Å². The number of aromatic nitrogens is 3. The molecule has 7 heteroatoms. The zero-order chi connectivity index (χ0) is 20.1. The fraction of sp³-hybridized carbons (Fsp3) is 0.238. The first-order chi connectivity index (χ1) is 13.5. The standard InChI is InChI=1S/C21H22N4O2S/c1-4-25-20(16-10-8-14(2)9-11-16)23-24-21(25)28-13-19(27)22-18-7-5-6-17(12-18)15(3)26/h5-12H,4,13H2,1-3H3,(H,22,27). The number of hydrogen-bond acceptors (Lipinski definition) is 5. The fourth-order valence-corrected chi connectivity index (χ4v) is 3.54. The molecule has 144 valence electrons. The van der Waals surface area contributed by atoms with Gasteiger partial charge in [0, 0.05) is 23.4 Å². The van der Waals surface area contributed by atoms with Gasteiger partial charge >= 0.3 is 0 Å². The van der Waals surface area contributed by atoms with Crippen molar-refractivity contribution in [1.29, 1.82) is 0 Å². The van der Waals surface area contributed by atoms with Crippen molar-refractivity contribution in [2.45, 2.75) is 32.5 Å². The smallest absolute Gasteiger partial charge is 0.234 e. The highest BCUT2D eigenvalue weighted by Gasteiger charge is 2.15. The molecule has 0 aliphatic heterocycles. The van der Waals surface area contributed by atoms with Crippen LogP contribution < -0.4 is 5.32 Å². The maximum Gasteiger partial charge on any atom is 0.234 e. The molecule has 28 heavy (non-hydrogen) atoms. The molecule has 3 rings (SSSR count). The van der Waals surface area contributed by atoms with Crippen LogP contribution in [0.2, 0.25) is 0 Å². The summed E-state index contributed by atoms with van der Waals surface area (Å²) in [5.41, 5.74) is 3.36. The Morgan fingerprint density at radius 3 is 2.54 bits per heavy atom. The molecule has 1 aromatic heterocycles. The lowest BCUT2D eigenvalue weighted by Gasteiger charge is -2.08. The maximum atomic E-state index is 12.3. The van der Waals surface area contributed by atoms with E-state index in [0.717, 1.165) is 11.4 Å².